The van der Waals surface area contributed by atoms with Crippen LogP contribution in [0.15, 0.2) is 54.9 Å². The molecule has 0 aliphatic heterocycles. The van der Waals surface area contributed by atoms with Crippen molar-refractivity contribution in [3.8, 4) is 0 Å². The molecule has 3 aromatic rings. The molecule has 0 aliphatic carbocycles. The molecule has 21 heavy (non-hydrogen) atoms. The monoisotopic (exact) mass is 279 g/mol. The van der Waals surface area contributed by atoms with E-state index in [0.717, 1.165) is 23.3 Å². The third-order valence-electron chi connectivity index (χ3n) is 3.09. The Morgan fingerprint density at radius 2 is 1.71 bits per heavy atom. The fourth-order valence-electron chi connectivity index (χ4n) is 2.09. The first-order valence-corrected chi connectivity index (χ1v) is 7.32. The van der Waals surface area contributed by atoms with Gasteiger partial charge in [0.15, 0.2) is 0 Å². The fourth-order valence-corrected chi connectivity index (χ4v) is 2.09. The standard InChI is InChI=1S/C16H15N3.C2H6/c1-12-7-8-15-14(9-12)16(19-11-18-15)17-10-13-5-3-2-4-6-13;1-2/h2-9,11H,10H2,1H3,(H,17,18,19);1-2H3. The van der Waals surface area contributed by atoms with Gasteiger partial charge in [0.25, 0.3) is 0 Å². The molecule has 0 spiro atoms. The SMILES string of the molecule is CC.Cc1ccc2ncnc(NCc3ccccc3)c2c1. The van der Waals surface area contributed by atoms with E-state index in [9.17, 15) is 0 Å². The number of nitrogens with one attached hydrogen (secondary N) is 1. The molecular formula is C18H21N3. The highest BCUT2D eigenvalue weighted by Crippen LogP contribution is 2.20. The number of benzene rings is 2. The minimum absolute atomic E-state index is 0.765. The van der Waals surface area contributed by atoms with Crippen molar-refractivity contribution in [2.24, 2.45) is 0 Å². The van der Waals surface area contributed by atoms with Crippen molar-refractivity contribution in [1.82, 2.24) is 9.97 Å². The van der Waals surface area contributed by atoms with Crippen LogP contribution < -0.4 is 5.32 Å². The van der Waals surface area contributed by atoms with Crippen LogP contribution in [0.1, 0.15) is 25.0 Å². The van der Waals surface area contributed by atoms with Crippen LogP contribution in [0.2, 0.25) is 0 Å². The van der Waals surface area contributed by atoms with Gasteiger partial charge in [0.2, 0.25) is 0 Å². The first kappa shape index (κ1) is 15.0. The molecule has 108 valence electrons. The van der Waals surface area contributed by atoms with Crippen LogP contribution >= 0.6 is 0 Å². The number of aryl methyl sites for hydroxylation is 1. The third-order valence-corrected chi connectivity index (χ3v) is 3.09. The van der Waals surface area contributed by atoms with Crippen molar-refractivity contribution in [3.05, 3.63) is 66.0 Å². The Hall–Kier alpha value is -2.42. The highest BCUT2D eigenvalue weighted by atomic mass is 15.0. The second kappa shape index (κ2) is 7.39. The topological polar surface area (TPSA) is 37.8 Å². The average Bonchev–Trinajstić information content (AvgIpc) is 2.56. The normalized spacial score (nSPS) is 9.86. The maximum Gasteiger partial charge on any atom is 0.137 e. The number of aromatic nitrogens is 2. The van der Waals surface area contributed by atoms with Gasteiger partial charge in [0.05, 0.1) is 5.52 Å². The summed E-state index contributed by atoms with van der Waals surface area (Å²) in [6.07, 6.45) is 1.60. The van der Waals surface area contributed by atoms with E-state index in [-0.39, 0.29) is 0 Å². The van der Waals surface area contributed by atoms with E-state index in [1.807, 2.05) is 38.1 Å². The maximum atomic E-state index is 4.34. The summed E-state index contributed by atoms with van der Waals surface area (Å²) >= 11 is 0. The second-order valence-electron chi connectivity index (χ2n) is 4.58. The Morgan fingerprint density at radius 1 is 0.952 bits per heavy atom. The van der Waals surface area contributed by atoms with Gasteiger partial charge in [-0.05, 0) is 24.6 Å². The first-order chi connectivity index (χ1) is 10.3. The number of hydrogen-bond donors (Lipinski definition) is 1. The zero-order valence-corrected chi connectivity index (χ0v) is 12.8. The van der Waals surface area contributed by atoms with Crippen molar-refractivity contribution in [3.63, 3.8) is 0 Å². The number of fused-ring (bicyclic) bond motifs is 1. The number of anilines is 1. The van der Waals surface area contributed by atoms with E-state index >= 15 is 0 Å². The van der Waals surface area contributed by atoms with Crippen molar-refractivity contribution in [1.29, 1.82) is 0 Å². The van der Waals surface area contributed by atoms with Gasteiger partial charge in [-0.1, -0.05) is 55.8 Å². The predicted octanol–water partition coefficient (Wildman–Crippen LogP) is 4.58. The molecule has 0 radical (unpaired) electrons. The van der Waals surface area contributed by atoms with Crippen LogP contribution in [0.4, 0.5) is 5.82 Å². The van der Waals surface area contributed by atoms with Crippen molar-refractivity contribution < 1.29 is 0 Å². The lowest BCUT2D eigenvalue weighted by molar-refractivity contribution is 1.10. The molecule has 0 fully saturated rings. The van der Waals surface area contributed by atoms with E-state index in [1.165, 1.54) is 11.1 Å². The van der Waals surface area contributed by atoms with Gasteiger partial charge in [-0.25, -0.2) is 9.97 Å². The van der Waals surface area contributed by atoms with Crippen LogP contribution in [-0.4, -0.2) is 9.97 Å². The van der Waals surface area contributed by atoms with Gasteiger partial charge in [0.1, 0.15) is 12.1 Å². The Morgan fingerprint density at radius 3 is 2.48 bits per heavy atom. The van der Waals surface area contributed by atoms with Crippen molar-refractivity contribution in [2.45, 2.75) is 27.3 Å². The lowest BCUT2D eigenvalue weighted by atomic mass is 10.1. The van der Waals surface area contributed by atoms with Crippen LogP contribution in [0.5, 0.6) is 0 Å². The summed E-state index contributed by atoms with van der Waals surface area (Å²) < 4.78 is 0. The van der Waals surface area contributed by atoms with E-state index < -0.39 is 0 Å². The van der Waals surface area contributed by atoms with E-state index in [0.29, 0.717) is 0 Å². The molecule has 0 saturated heterocycles. The first-order valence-electron chi connectivity index (χ1n) is 7.32. The Kier molecular flexibility index (Phi) is 5.27. The predicted molar refractivity (Wildman–Crippen MR) is 89.4 cm³/mol. The maximum absolute atomic E-state index is 4.34. The summed E-state index contributed by atoms with van der Waals surface area (Å²) in [7, 11) is 0. The summed E-state index contributed by atoms with van der Waals surface area (Å²) in [6, 6.07) is 16.5. The molecule has 0 aliphatic rings. The van der Waals surface area contributed by atoms with Crippen LogP contribution in [0, 0.1) is 6.92 Å². The molecule has 0 unspecified atom stereocenters. The molecule has 3 heteroatoms. The van der Waals surface area contributed by atoms with Crippen molar-refractivity contribution >= 4 is 16.7 Å². The fraction of sp³-hybridized carbons (Fsp3) is 0.222. The summed E-state index contributed by atoms with van der Waals surface area (Å²) in [5.74, 6) is 0.887. The average molecular weight is 279 g/mol. The molecule has 3 nitrogen and oxygen atoms in total. The lowest BCUT2D eigenvalue weighted by Gasteiger charge is -2.08. The molecule has 2 aromatic carbocycles. The molecule has 0 amide bonds. The van der Waals surface area contributed by atoms with Gasteiger partial charge in [0, 0.05) is 11.9 Å². The number of rotatable bonds is 3. The molecule has 1 N–H and O–H groups in total. The Bertz CT molecular complexity index is 693. The molecule has 0 atom stereocenters. The largest absolute Gasteiger partial charge is 0.365 e. The minimum Gasteiger partial charge on any atom is -0.365 e. The van der Waals surface area contributed by atoms with Gasteiger partial charge in [-0.15, -0.1) is 0 Å². The second-order valence-corrected chi connectivity index (χ2v) is 4.58. The molecule has 3 rings (SSSR count). The highest BCUT2D eigenvalue weighted by Gasteiger charge is 2.03. The van der Waals surface area contributed by atoms with Gasteiger partial charge in [-0.2, -0.15) is 0 Å². The molecule has 0 saturated carbocycles. The van der Waals surface area contributed by atoms with E-state index in [2.05, 4.69) is 46.5 Å². The zero-order chi connectivity index (χ0) is 15.1. The van der Waals surface area contributed by atoms with Crippen molar-refractivity contribution in [2.75, 3.05) is 5.32 Å². The smallest absolute Gasteiger partial charge is 0.137 e. The number of nitrogens with zero attached hydrogens (tertiary/aromatic N) is 2. The molecule has 0 bridgehead atoms. The summed E-state index contributed by atoms with van der Waals surface area (Å²) in [6.45, 7) is 6.84. The van der Waals surface area contributed by atoms with Crippen LogP contribution in [0.3, 0.4) is 0 Å². The quantitative estimate of drug-likeness (QED) is 0.762. The third kappa shape index (κ3) is 3.78. The molecular weight excluding hydrogens is 258 g/mol. The summed E-state index contributed by atoms with van der Waals surface area (Å²) in [5.41, 5.74) is 3.42. The minimum atomic E-state index is 0.765. The summed E-state index contributed by atoms with van der Waals surface area (Å²) in [4.78, 5) is 8.63. The zero-order valence-electron chi connectivity index (χ0n) is 12.8. The Labute approximate surface area is 126 Å². The molecule has 1 aromatic heterocycles. The van der Waals surface area contributed by atoms with Crippen LogP contribution in [-0.2, 0) is 6.54 Å². The lowest BCUT2D eigenvalue weighted by Crippen LogP contribution is -2.02. The van der Waals surface area contributed by atoms with Gasteiger partial charge in [-0.3, -0.25) is 0 Å². The van der Waals surface area contributed by atoms with Gasteiger partial charge < -0.3 is 5.32 Å². The highest BCUT2D eigenvalue weighted by molar-refractivity contribution is 5.89. The van der Waals surface area contributed by atoms with E-state index in [4.69, 9.17) is 0 Å². The Balaban J connectivity index is 0.000000774. The number of hydrogen-bond acceptors (Lipinski definition) is 3. The van der Waals surface area contributed by atoms with Crippen LogP contribution in [0.25, 0.3) is 10.9 Å². The molecule has 1 heterocycles. The summed E-state index contributed by atoms with van der Waals surface area (Å²) in [5, 5.41) is 4.45. The van der Waals surface area contributed by atoms with E-state index in [1.54, 1.807) is 6.33 Å². The van der Waals surface area contributed by atoms with Gasteiger partial charge >= 0.3 is 0 Å².